The summed E-state index contributed by atoms with van der Waals surface area (Å²) in [6.07, 6.45) is 13.3. The summed E-state index contributed by atoms with van der Waals surface area (Å²) in [7, 11) is 0. The predicted octanol–water partition coefficient (Wildman–Crippen LogP) is 8.92. The van der Waals surface area contributed by atoms with Crippen molar-refractivity contribution < 1.29 is 14.2 Å². The third-order valence-electron chi connectivity index (χ3n) is 6.64. The van der Waals surface area contributed by atoms with Crippen molar-refractivity contribution in [1.29, 1.82) is 0 Å². The van der Waals surface area contributed by atoms with Gasteiger partial charge in [-0.1, -0.05) is 86.6 Å². The van der Waals surface area contributed by atoms with E-state index in [2.05, 4.69) is 44.8 Å². The van der Waals surface area contributed by atoms with E-state index in [4.69, 9.17) is 14.2 Å². The lowest BCUT2D eigenvalue weighted by Crippen LogP contribution is -2.15. The highest BCUT2D eigenvalue weighted by molar-refractivity contribution is 5.88. The van der Waals surface area contributed by atoms with Gasteiger partial charge in [0.2, 0.25) is 5.75 Å². The van der Waals surface area contributed by atoms with Gasteiger partial charge in [0.05, 0.1) is 12.1 Å². The molecule has 0 aliphatic carbocycles. The molecule has 1 aromatic heterocycles. The van der Waals surface area contributed by atoms with Gasteiger partial charge >= 0.3 is 0 Å². The van der Waals surface area contributed by atoms with Gasteiger partial charge in [0, 0.05) is 11.5 Å². The van der Waals surface area contributed by atoms with E-state index in [0.29, 0.717) is 36.8 Å². The first kappa shape index (κ1) is 30.1. The van der Waals surface area contributed by atoms with Gasteiger partial charge in [-0.2, -0.15) is 0 Å². The zero-order valence-corrected chi connectivity index (χ0v) is 24.2. The highest BCUT2D eigenvalue weighted by atomic mass is 16.5. The number of rotatable bonds is 17. The Hall–Kier alpha value is -3.47. The molecule has 0 amide bonds. The maximum atomic E-state index is 13.1. The van der Waals surface area contributed by atoms with E-state index in [0.717, 1.165) is 36.6 Å². The number of nitrogens with one attached hydrogen (secondary N) is 1. The number of pyridine rings is 1. The molecule has 1 N–H and O–H groups in total. The summed E-state index contributed by atoms with van der Waals surface area (Å²) in [6.45, 7) is 9.89. The van der Waals surface area contributed by atoms with Crippen molar-refractivity contribution in [2.24, 2.45) is 0 Å². The molecular formula is C34H45NO4. The minimum Gasteiger partial charge on any atom is -0.489 e. The molecule has 3 aromatic rings. The molecule has 1 heterocycles. The Balaban J connectivity index is 1.77. The molecule has 210 valence electrons. The summed E-state index contributed by atoms with van der Waals surface area (Å²) in [5.74, 6) is 1.43. The summed E-state index contributed by atoms with van der Waals surface area (Å²) in [4.78, 5) is 16.1. The third-order valence-corrected chi connectivity index (χ3v) is 6.64. The highest BCUT2D eigenvalue weighted by Crippen LogP contribution is 2.34. The molecule has 0 aliphatic heterocycles. The fourth-order valence-electron chi connectivity index (χ4n) is 4.35. The van der Waals surface area contributed by atoms with Gasteiger partial charge in [-0.3, -0.25) is 4.79 Å². The molecule has 2 aromatic carbocycles. The van der Waals surface area contributed by atoms with Crippen LogP contribution in [0.1, 0.15) is 84.6 Å². The second-order valence-electron chi connectivity index (χ2n) is 10.4. The Bertz CT molecular complexity index is 1270. The van der Waals surface area contributed by atoms with Crippen LogP contribution in [0.4, 0.5) is 0 Å². The Labute approximate surface area is 233 Å². The smallest absolute Gasteiger partial charge is 0.294 e. The molecule has 0 radical (unpaired) electrons. The molecule has 0 atom stereocenters. The minimum absolute atomic E-state index is 0.254. The van der Waals surface area contributed by atoms with Crippen molar-refractivity contribution in [2.75, 3.05) is 13.2 Å². The average molecular weight is 532 g/mol. The summed E-state index contributed by atoms with van der Waals surface area (Å²) in [5, 5.41) is 0.801. The number of hydrogen-bond acceptors (Lipinski definition) is 4. The van der Waals surface area contributed by atoms with Crippen LogP contribution in [0.25, 0.3) is 10.9 Å². The van der Waals surface area contributed by atoms with E-state index >= 15 is 0 Å². The zero-order valence-electron chi connectivity index (χ0n) is 24.2. The fraction of sp³-hybridized carbons (Fsp3) is 0.441. The summed E-state index contributed by atoms with van der Waals surface area (Å²) in [5.41, 5.74) is 4.05. The minimum atomic E-state index is -0.284. The molecule has 39 heavy (non-hydrogen) atoms. The van der Waals surface area contributed by atoms with Crippen LogP contribution in [-0.4, -0.2) is 18.2 Å². The first-order valence-corrected chi connectivity index (χ1v) is 14.4. The highest BCUT2D eigenvalue weighted by Gasteiger charge is 2.16. The van der Waals surface area contributed by atoms with Crippen molar-refractivity contribution in [1.82, 2.24) is 4.98 Å². The lowest BCUT2D eigenvalue weighted by Gasteiger charge is -2.15. The molecule has 0 saturated carbocycles. The second kappa shape index (κ2) is 16.5. The van der Waals surface area contributed by atoms with Crippen LogP contribution < -0.4 is 19.8 Å². The number of fused-ring (bicyclic) bond motifs is 1. The number of hydrogen-bond donors (Lipinski definition) is 1. The van der Waals surface area contributed by atoms with E-state index in [-0.39, 0.29) is 11.3 Å². The molecule has 0 spiro atoms. The number of aromatic amines is 1. The van der Waals surface area contributed by atoms with Crippen molar-refractivity contribution in [3.05, 3.63) is 87.7 Å². The zero-order chi connectivity index (χ0) is 27.9. The Morgan fingerprint density at radius 2 is 1.62 bits per heavy atom. The maximum absolute atomic E-state index is 13.1. The van der Waals surface area contributed by atoms with Crippen LogP contribution in [0.3, 0.4) is 0 Å². The van der Waals surface area contributed by atoms with E-state index in [1.165, 1.54) is 36.8 Å². The summed E-state index contributed by atoms with van der Waals surface area (Å²) in [6, 6.07) is 15.7. The van der Waals surface area contributed by atoms with Gasteiger partial charge in [0.25, 0.3) is 5.56 Å². The normalized spacial score (nSPS) is 11.4. The first-order chi connectivity index (χ1) is 19.0. The Morgan fingerprint density at radius 1 is 0.846 bits per heavy atom. The average Bonchev–Trinajstić information content (AvgIpc) is 2.92. The van der Waals surface area contributed by atoms with E-state index < -0.39 is 0 Å². The number of benzene rings is 2. The molecule has 0 aliphatic rings. The fourth-order valence-corrected chi connectivity index (χ4v) is 4.35. The van der Waals surface area contributed by atoms with E-state index in [1.807, 2.05) is 48.5 Å². The number of unbranched alkanes of at least 4 members (excludes halogenated alkanes) is 5. The second-order valence-corrected chi connectivity index (χ2v) is 10.4. The molecule has 0 unspecified atom stereocenters. The molecule has 0 fully saturated rings. The molecule has 0 saturated heterocycles. The largest absolute Gasteiger partial charge is 0.489 e. The standard InChI is InChI=1S/C34H45NO4/c1-5-6-7-8-9-13-22-37-33-32(38-23-21-27(4)16-14-15-26(2)3)30-20-19-29(24-31(30)35-34(33)36)39-25-28-17-11-10-12-18-28/h10-12,15,17-21,24H,5-9,13-14,16,22-23,25H2,1-4H3,(H,35,36)/b27-21+. The van der Waals surface area contributed by atoms with Crippen LogP contribution in [0.5, 0.6) is 17.2 Å². The van der Waals surface area contributed by atoms with Crippen LogP contribution >= 0.6 is 0 Å². The van der Waals surface area contributed by atoms with Gasteiger partial charge in [-0.05, 0) is 63.8 Å². The molecular weight excluding hydrogens is 486 g/mol. The van der Waals surface area contributed by atoms with Crippen LogP contribution in [0.15, 0.2) is 76.6 Å². The van der Waals surface area contributed by atoms with Crippen molar-refractivity contribution in [2.45, 2.75) is 85.7 Å². The predicted molar refractivity (Wildman–Crippen MR) is 162 cm³/mol. The number of allylic oxidation sites excluding steroid dienone is 3. The Morgan fingerprint density at radius 3 is 2.38 bits per heavy atom. The van der Waals surface area contributed by atoms with Crippen LogP contribution in [0.2, 0.25) is 0 Å². The Kier molecular flexibility index (Phi) is 12.7. The number of aromatic nitrogens is 1. The molecule has 5 heteroatoms. The van der Waals surface area contributed by atoms with Gasteiger partial charge in [0.1, 0.15) is 19.0 Å². The van der Waals surface area contributed by atoms with E-state index in [9.17, 15) is 4.79 Å². The first-order valence-electron chi connectivity index (χ1n) is 14.4. The quantitative estimate of drug-likeness (QED) is 0.140. The van der Waals surface area contributed by atoms with E-state index in [1.54, 1.807) is 0 Å². The van der Waals surface area contributed by atoms with Crippen LogP contribution in [-0.2, 0) is 6.61 Å². The van der Waals surface area contributed by atoms with Crippen molar-refractivity contribution >= 4 is 10.9 Å². The summed E-state index contributed by atoms with van der Waals surface area (Å²) < 4.78 is 18.3. The SMILES string of the molecule is CCCCCCCCOc1c(OC/C=C(\C)CCC=C(C)C)c2ccc(OCc3ccccc3)cc2[nH]c1=O. The van der Waals surface area contributed by atoms with Gasteiger partial charge in [-0.15, -0.1) is 0 Å². The molecule has 5 nitrogen and oxygen atoms in total. The van der Waals surface area contributed by atoms with Crippen molar-refractivity contribution in [3.63, 3.8) is 0 Å². The number of ether oxygens (including phenoxy) is 3. The van der Waals surface area contributed by atoms with Gasteiger partial charge in [-0.25, -0.2) is 0 Å². The van der Waals surface area contributed by atoms with Gasteiger partial charge < -0.3 is 19.2 Å². The molecule has 3 rings (SSSR count). The maximum Gasteiger partial charge on any atom is 0.294 e. The summed E-state index contributed by atoms with van der Waals surface area (Å²) >= 11 is 0. The van der Waals surface area contributed by atoms with Crippen molar-refractivity contribution in [3.8, 4) is 17.2 Å². The van der Waals surface area contributed by atoms with Gasteiger partial charge in [0.15, 0.2) is 5.75 Å². The monoisotopic (exact) mass is 531 g/mol. The molecule has 0 bridgehead atoms. The third kappa shape index (κ3) is 10.3. The lowest BCUT2D eigenvalue weighted by atomic mass is 10.1. The van der Waals surface area contributed by atoms with Crippen LogP contribution in [0, 0.1) is 0 Å². The number of H-pyrrole nitrogens is 1. The topological polar surface area (TPSA) is 60.6 Å². The lowest BCUT2D eigenvalue weighted by molar-refractivity contribution is 0.274.